The molecule has 0 saturated heterocycles. The van der Waals surface area contributed by atoms with Crippen LogP contribution in [-0.2, 0) is 4.43 Å². The van der Waals surface area contributed by atoms with Crippen molar-refractivity contribution in [3.8, 4) is 6.07 Å². The molecule has 2 atom stereocenters. The van der Waals surface area contributed by atoms with Gasteiger partial charge < -0.3 is 4.43 Å². The molecule has 1 rings (SSSR count). The van der Waals surface area contributed by atoms with Crippen LogP contribution < -0.4 is 0 Å². The Balaban J connectivity index is 2.68. The van der Waals surface area contributed by atoms with Crippen molar-refractivity contribution < 1.29 is 4.43 Å². The molecule has 1 saturated carbocycles. The Kier molecular flexibility index (Phi) is 4.57. The molecule has 0 aromatic rings. The molecule has 2 nitrogen and oxygen atoms in total. The molecular weight excluding hydrogens is 226 g/mol. The Morgan fingerprint density at radius 2 is 1.94 bits per heavy atom. The van der Waals surface area contributed by atoms with Crippen molar-refractivity contribution in [3.05, 3.63) is 12.2 Å². The summed E-state index contributed by atoms with van der Waals surface area (Å²) < 4.78 is 6.45. The summed E-state index contributed by atoms with van der Waals surface area (Å²) in [7, 11) is -1.67. The molecule has 1 aliphatic rings. The number of hydrogen-bond acceptors (Lipinski definition) is 2. The van der Waals surface area contributed by atoms with Crippen LogP contribution in [0.25, 0.3) is 0 Å². The molecule has 0 unspecified atom stereocenters. The molecule has 1 aliphatic carbocycles. The van der Waals surface area contributed by atoms with Gasteiger partial charge in [-0.05, 0) is 31.0 Å². The van der Waals surface area contributed by atoms with E-state index in [4.69, 9.17) is 9.69 Å². The van der Waals surface area contributed by atoms with Gasteiger partial charge in [-0.3, -0.25) is 0 Å². The molecule has 1 fully saturated rings. The van der Waals surface area contributed by atoms with Gasteiger partial charge in [0.25, 0.3) is 0 Å². The lowest BCUT2D eigenvalue weighted by atomic mass is 10.1. The molecule has 0 N–H and O–H groups in total. The molecule has 0 aromatic carbocycles. The van der Waals surface area contributed by atoms with E-state index in [2.05, 4.69) is 39.9 Å². The van der Waals surface area contributed by atoms with E-state index in [1.54, 1.807) is 6.08 Å². The van der Waals surface area contributed by atoms with Crippen LogP contribution in [0.15, 0.2) is 12.2 Å². The van der Waals surface area contributed by atoms with Crippen LogP contribution in [0, 0.1) is 17.2 Å². The topological polar surface area (TPSA) is 33.0 Å². The van der Waals surface area contributed by atoms with Gasteiger partial charge in [0.2, 0.25) is 0 Å². The molecule has 96 valence electrons. The summed E-state index contributed by atoms with van der Waals surface area (Å²) in [4.78, 5) is 0. The number of nitrogens with zero attached hydrogens (tertiary/aromatic N) is 1. The molecule has 3 heteroatoms. The predicted octanol–water partition coefficient (Wildman–Crippen LogP) is 4.26. The number of allylic oxidation sites excluding steroid dienone is 1. The van der Waals surface area contributed by atoms with Gasteiger partial charge in [-0.1, -0.05) is 33.3 Å². The van der Waals surface area contributed by atoms with Gasteiger partial charge in [-0.2, -0.15) is 5.26 Å². The van der Waals surface area contributed by atoms with Crippen LogP contribution in [0.1, 0.15) is 40.0 Å². The van der Waals surface area contributed by atoms with Crippen LogP contribution >= 0.6 is 0 Å². The SMILES string of the molecule is CC(C)(C)[Si](C)(C)O[C@H]1CCC[C@H]1/C=C/C#N. The van der Waals surface area contributed by atoms with Crippen LogP contribution in [0.4, 0.5) is 0 Å². The van der Waals surface area contributed by atoms with E-state index >= 15 is 0 Å². The van der Waals surface area contributed by atoms with Gasteiger partial charge in [-0.25, -0.2) is 0 Å². The number of nitriles is 1. The predicted molar refractivity (Wildman–Crippen MR) is 74.2 cm³/mol. The summed E-state index contributed by atoms with van der Waals surface area (Å²) in [6, 6.07) is 2.08. The second-order valence-electron chi connectivity index (χ2n) is 6.50. The summed E-state index contributed by atoms with van der Waals surface area (Å²) in [5, 5.41) is 8.87. The minimum absolute atomic E-state index is 0.263. The van der Waals surface area contributed by atoms with Gasteiger partial charge in [0.15, 0.2) is 8.32 Å². The molecular formula is C14H25NOSi. The highest BCUT2D eigenvalue weighted by atomic mass is 28.4. The molecule has 0 bridgehead atoms. The number of rotatable bonds is 3. The zero-order valence-corrected chi connectivity index (χ0v) is 12.8. The average Bonchev–Trinajstić information content (AvgIpc) is 2.60. The summed E-state index contributed by atoms with van der Waals surface area (Å²) in [5.74, 6) is 0.448. The Labute approximate surface area is 107 Å². The quantitative estimate of drug-likeness (QED) is 0.555. The van der Waals surface area contributed by atoms with E-state index < -0.39 is 8.32 Å². The average molecular weight is 251 g/mol. The second-order valence-corrected chi connectivity index (χ2v) is 11.3. The second kappa shape index (κ2) is 5.37. The number of hydrogen-bond donors (Lipinski definition) is 0. The van der Waals surface area contributed by atoms with Gasteiger partial charge in [0.05, 0.1) is 12.2 Å². The van der Waals surface area contributed by atoms with Crippen molar-refractivity contribution in [1.29, 1.82) is 5.26 Å². The highest BCUT2D eigenvalue weighted by molar-refractivity contribution is 6.74. The maximum absolute atomic E-state index is 8.61. The fraction of sp³-hybridized carbons (Fsp3) is 0.786. The summed E-state index contributed by atoms with van der Waals surface area (Å²) >= 11 is 0. The maximum Gasteiger partial charge on any atom is 0.192 e. The lowest BCUT2D eigenvalue weighted by Gasteiger charge is -2.39. The van der Waals surface area contributed by atoms with Gasteiger partial charge in [0.1, 0.15) is 0 Å². The van der Waals surface area contributed by atoms with E-state index in [0.717, 1.165) is 12.8 Å². The highest BCUT2D eigenvalue weighted by Gasteiger charge is 2.41. The molecule has 17 heavy (non-hydrogen) atoms. The van der Waals surface area contributed by atoms with Crippen LogP contribution in [0.5, 0.6) is 0 Å². The first kappa shape index (κ1) is 14.5. The van der Waals surface area contributed by atoms with Crippen LogP contribution in [0.2, 0.25) is 18.1 Å². The summed E-state index contributed by atoms with van der Waals surface area (Å²) in [5.41, 5.74) is 0. The smallest absolute Gasteiger partial charge is 0.192 e. The molecule has 0 spiro atoms. The van der Waals surface area contributed by atoms with E-state index in [-0.39, 0.29) is 5.04 Å². The highest BCUT2D eigenvalue weighted by Crippen LogP contribution is 2.41. The lowest BCUT2D eigenvalue weighted by molar-refractivity contribution is 0.160. The maximum atomic E-state index is 8.61. The Hall–Kier alpha value is -0.593. The minimum atomic E-state index is -1.67. The first-order valence-corrected chi connectivity index (χ1v) is 9.43. The van der Waals surface area contributed by atoms with Crippen molar-refractivity contribution in [2.45, 2.75) is 64.3 Å². The fourth-order valence-electron chi connectivity index (χ4n) is 2.04. The van der Waals surface area contributed by atoms with Crippen molar-refractivity contribution >= 4 is 8.32 Å². The van der Waals surface area contributed by atoms with Crippen molar-refractivity contribution in [2.24, 2.45) is 5.92 Å². The third-order valence-corrected chi connectivity index (χ3v) is 8.68. The zero-order valence-electron chi connectivity index (χ0n) is 11.8. The summed E-state index contributed by atoms with van der Waals surface area (Å²) in [6.07, 6.45) is 7.51. The first-order chi connectivity index (χ1) is 7.78. The van der Waals surface area contributed by atoms with E-state index in [1.807, 2.05) is 6.08 Å². The Bertz CT molecular complexity index is 322. The minimum Gasteiger partial charge on any atom is -0.413 e. The van der Waals surface area contributed by atoms with Gasteiger partial charge in [-0.15, -0.1) is 0 Å². The lowest BCUT2D eigenvalue weighted by Crippen LogP contribution is -2.44. The molecule has 0 aromatic heterocycles. The normalized spacial score (nSPS) is 26.4. The first-order valence-electron chi connectivity index (χ1n) is 6.52. The van der Waals surface area contributed by atoms with Crippen LogP contribution in [0.3, 0.4) is 0 Å². The third-order valence-electron chi connectivity index (χ3n) is 4.17. The zero-order chi connectivity index (χ0) is 13.1. The third kappa shape index (κ3) is 3.69. The van der Waals surface area contributed by atoms with E-state index in [9.17, 15) is 0 Å². The Morgan fingerprint density at radius 3 is 2.47 bits per heavy atom. The molecule has 0 aliphatic heterocycles. The molecule has 0 heterocycles. The van der Waals surface area contributed by atoms with Gasteiger partial charge >= 0.3 is 0 Å². The van der Waals surface area contributed by atoms with E-state index in [1.165, 1.54) is 6.42 Å². The summed E-state index contributed by atoms with van der Waals surface area (Å²) in [6.45, 7) is 11.4. The molecule has 0 amide bonds. The standard InChI is InChI=1S/C14H25NOSi/c1-14(2,3)17(4,5)16-13-10-6-8-12(13)9-7-11-15/h7,9,12-13H,6,8,10H2,1-5H3/b9-7+/t12-,13-/m0/s1. The molecule has 0 radical (unpaired) electrons. The van der Waals surface area contributed by atoms with Crippen molar-refractivity contribution in [3.63, 3.8) is 0 Å². The van der Waals surface area contributed by atoms with Crippen molar-refractivity contribution in [2.75, 3.05) is 0 Å². The van der Waals surface area contributed by atoms with Gasteiger partial charge in [0, 0.05) is 12.0 Å². The largest absolute Gasteiger partial charge is 0.413 e. The fourth-order valence-corrected chi connectivity index (χ4v) is 3.45. The Morgan fingerprint density at radius 1 is 1.29 bits per heavy atom. The van der Waals surface area contributed by atoms with Crippen LogP contribution in [-0.4, -0.2) is 14.4 Å². The van der Waals surface area contributed by atoms with Crippen molar-refractivity contribution in [1.82, 2.24) is 0 Å². The van der Waals surface area contributed by atoms with E-state index in [0.29, 0.717) is 12.0 Å². The monoisotopic (exact) mass is 251 g/mol.